The first-order valence-corrected chi connectivity index (χ1v) is 9.10. The normalized spacial score (nSPS) is 19.4. The Balaban J connectivity index is 1.36. The number of carbonyl (C=O) groups is 1. The Morgan fingerprint density at radius 1 is 1.33 bits per heavy atom. The van der Waals surface area contributed by atoms with Gasteiger partial charge in [0.05, 0.1) is 4.88 Å². The third kappa shape index (κ3) is 2.43. The topological polar surface area (TPSA) is 23.6 Å². The fourth-order valence-corrected chi connectivity index (χ4v) is 4.89. The van der Waals surface area contributed by atoms with Gasteiger partial charge in [0.1, 0.15) is 0 Å². The van der Waals surface area contributed by atoms with E-state index in [-0.39, 0.29) is 5.91 Å². The zero-order chi connectivity index (χ0) is 14.4. The molecule has 110 valence electrons. The van der Waals surface area contributed by atoms with Crippen molar-refractivity contribution in [3.63, 3.8) is 0 Å². The van der Waals surface area contributed by atoms with Crippen LogP contribution < -0.4 is 0 Å². The molecule has 0 radical (unpaired) electrons. The lowest BCUT2D eigenvalue weighted by Crippen LogP contribution is -2.61. The molecule has 21 heavy (non-hydrogen) atoms. The van der Waals surface area contributed by atoms with Crippen molar-refractivity contribution in [1.29, 1.82) is 0 Å². The van der Waals surface area contributed by atoms with E-state index in [1.54, 1.807) is 16.2 Å². The van der Waals surface area contributed by atoms with Gasteiger partial charge in [0, 0.05) is 37.1 Å². The Morgan fingerprint density at radius 3 is 2.95 bits per heavy atom. The minimum atomic E-state index is 0.206. The highest BCUT2D eigenvalue weighted by Crippen LogP contribution is 2.28. The van der Waals surface area contributed by atoms with Crippen LogP contribution in [-0.4, -0.2) is 41.4 Å². The third-order valence-electron chi connectivity index (χ3n) is 4.44. The number of fused-ring (bicyclic) bond motifs is 1. The maximum absolute atomic E-state index is 12.3. The summed E-state index contributed by atoms with van der Waals surface area (Å²) in [5, 5.41) is 4.25. The smallest absolute Gasteiger partial charge is 0.264 e. The van der Waals surface area contributed by atoms with Gasteiger partial charge in [-0.15, -0.1) is 22.7 Å². The Morgan fingerprint density at radius 2 is 2.19 bits per heavy atom. The lowest BCUT2D eigenvalue weighted by molar-refractivity contribution is 0.0224. The summed E-state index contributed by atoms with van der Waals surface area (Å²) in [4.78, 5) is 19.3. The molecular formula is C16H18N2OS2. The fourth-order valence-electron chi connectivity index (χ4n) is 3.13. The predicted octanol–water partition coefficient (Wildman–Crippen LogP) is 3.00. The first-order valence-electron chi connectivity index (χ1n) is 7.34. The van der Waals surface area contributed by atoms with Gasteiger partial charge in [-0.2, -0.15) is 0 Å². The summed E-state index contributed by atoms with van der Waals surface area (Å²) in [6.07, 6.45) is 1.17. The van der Waals surface area contributed by atoms with E-state index in [4.69, 9.17) is 0 Å². The lowest BCUT2D eigenvalue weighted by Gasteiger charge is -2.46. The van der Waals surface area contributed by atoms with Crippen LogP contribution in [0.3, 0.4) is 0 Å². The average molecular weight is 318 g/mol. The highest BCUT2D eigenvalue weighted by molar-refractivity contribution is 7.12. The molecule has 2 aliphatic heterocycles. The van der Waals surface area contributed by atoms with E-state index in [1.807, 2.05) is 34.6 Å². The fraction of sp³-hybridized carbons (Fsp3) is 0.438. The van der Waals surface area contributed by atoms with Gasteiger partial charge in [-0.1, -0.05) is 0 Å². The van der Waals surface area contributed by atoms with Crippen LogP contribution in [0.2, 0.25) is 0 Å². The number of carbonyl (C=O) groups excluding carboxylic acids is 1. The summed E-state index contributed by atoms with van der Waals surface area (Å²) in [6.45, 7) is 6.00. The first-order chi connectivity index (χ1) is 10.2. The monoisotopic (exact) mass is 318 g/mol. The first kappa shape index (κ1) is 13.5. The Kier molecular flexibility index (Phi) is 3.36. The van der Waals surface area contributed by atoms with Crippen molar-refractivity contribution in [3.05, 3.63) is 43.8 Å². The maximum atomic E-state index is 12.3. The molecular weight excluding hydrogens is 300 g/mol. The average Bonchev–Trinajstić information content (AvgIpc) is 3.04. The largest absolute Gasteiger partial charge is 0.335 e. The second-order valence-electron chi connectivity index (χ2n) is 5.94. The van der Waals surface area contributed by atoms with Crippen LogP contribution in [0.15, 0.2) is 22.9 Å². The molecule has 0 N–H and O–H groups in total. The lowest BCUT2D eigenvalue weighted by atomic mass is 10.0. The molecule has 1 saturated heterocycles. The van der Waals surface area contributed by atoms with Gasteiger partial charge >= 0.3 is 0 Å². The zero-order valence-corrected chi connectivity index (χ0v) is 13.7. The van der Waals surface area contributed by atoms with Crippen LogP contribution in [0, 0.1) is 6.92 Å². The second-order valence-corrected chi connectivity index (χ2v) is 7.85. The molecule has 0 spiro atoms. The quantitative estimate of drug-likeness (QED) is 0.850. The number of hydrogen-bond acceptors (Lipinski definition) is 4. The molecule has 2 aromatic heterocycles. The molecule has 0 saturated carbocycles. The second kappa shape index (κ2) is 5.23. The number of amides is 1. The summed E-state index contributed by atoms with van der Waals surface area (Å²) in [5.74, 6) is 0.206. The third-order valence-corrected chi connectivity index (χ3v) is 6.50. The van der Waals surface area contributed by atoms with Crippen LogP contribution >= 0.6 is 22.7 Å². The van der Waals surface area contributed by atoms with Crippen molar-refractivity contribution in [2.45, 2.75) is 25.9 Å². The number of aryl methyl sites for hydroxylation is 1. The molecule has 3 nitrogen and oxygen atoms in total. The van der Waals surface area contributed by atoms with Crippen LogP contribution in [0.4, 0.5) is 0 Å². The molecule has 0 unspecified atom stereocenters. The van der Waals surface area contributed by atoms with E-state index in [0.29, 0.717) is 6.04 Å². The van der Waals surface area contributed by atoms with Crippen LogP contribution in [0.5, 0.6) is 0 Å². The molecule has 0 bridgehead atoms. The molecule has 2 aromatic rings. The van der Waals surface area contributed by atoms with Gasteiger partial charge in [-0.3, -0.25) is 9.69 Å². The van der Waals surface area contributed by atoms with E-state index in [0.717, 1.165) is 31.1 Å². The van der Waals surface area contributed by atoms with Gasteiger partial charge in [-0.05, 0) is 47.4 Å². The standard InChI is InChI=1S/C16H18N2OS2/c1-11-6-15(21-10-11)16(19)18-8-13(9-18)17-4-2-14-12(7-17)3-5-20-14/h3,5-6,10,13H,2,4,7-9H2,1H3. The Labute approximate surface area is 132 Å². The van der Waals surface area contributed by atoms with Crippen molar-refractivity contribution in [2.75, 3.05) is 19.6 Å². The van der Waals surface area contributed by atoms with Crippen molar-refractivity contribution in [1.82, 2.24) is 9.80 Å². The Bertz CT molecular complexity index is 669. The van der Waals surface area contributed by atoms with Crippen LogP contribution in [0.1, 0.15) is 25.7 Å². The molecule has 2 aliphatic rings. The van der Waals surface area contributed by atoms with Crippen molar-refractivity contribution < 1.29 is 4.79 Å². The summed E-state index contributed by atoms with van der Waals surface area (Å²) in [6, 6.07) is 4.80. The number of rotatable bonds is 2. The van der Waals surface area contributed by atoms with Gasteiger partial charge in [0.25, 0.3) is 5.91 Å². The molecule has 0 aliphatic carbocycles. The van der Waals surface area contributed by atoms with Gasteiger partial charge in [-0.25, -0.2) is 0 Å². The minimum absolute atomic E-state index is 0.206. The maximum Gasteiger partial charge on any atom is 0.264 e. The van der Waals surface area contributed by atoms with Crippen molar-refractivity contribution in [2.24, 2.45) is 0 Å². The van der Waals surface area contributed by atoms with Crippen LogP contribution in [-0.2, 0) is 13.0 Å². The summed E-state index contributed by atoms with van der Waals surface area (Å²) in [5.41, 5.74) is 2.67. The molecule has 0 atom stereocenters. The number of likely N-dealkylation sites (tertiary alicyclic amines) is 1. The summed E-state index contributed by atoms with van der Waals surface area (Å²) < 4.78 is 0. The van der Waals surface area contributed by atoms with Crippen molar-refractivity contribution in [3.8, 4) is 0 Å². The van der Waals surface area contributed by atoms with Crippen molar-refractivity contribution >= 4 is 28.6 Å². The number of hydrogen-bond donors (Lipinski definition) is 0. The van der Waals surface area contributed by atoms with Gasteiger partial charge in [0.2, 0.25) is 0 Å². The molecule has 4 rings (SSSR count). The number of nitrogens with zero attached hydrogens (tertiary/aromatic N) is 2. The number of thiophene rings is 2. The minimum Gasteiger partial charge on any atom is -0.335 e. The van der Waals surface area contributed by atoms with E-state index in [1.165, 1.54) is 17.5 Å². The molecule has 0 aromatic carbocycles. The van der Waals surface area contributed by atoms with E-state index >= 15 is 0 Å². The predicted molar refractivity (Wildman–Crippen MR) is 87.2 cm³/mol. The molecule has 5 heteroatoms. The summed E-state index contributed by atoms with van der Waals surface area (Å²) >= 11 is 3.44. The van der Waals surface area contributed by atoms with Crippen LogP contribution in [0.25, 0.3) is 0 Å². The Hall–Kier alpha value is -1.17. The molecule has 1 fully saturated rings. The van der Waals surface area contributed by atoms with E-state index in [9.17, 15) is 4.79 Å². The zero-order valence-electron chi connectivity index (χ0n) is 12.0. The summed E-state index contributed by atoms with van der Waals surface area (Å²) in [7, 11) is 0. The van der Waals surface area contributed by atoms with E-state index < -0.39 is 0 Å². The molecule has 4 heterocycles. The van der Waals surface area contributed by atoms with E-state index in [2.05, 4.69) is 16.3 Å². The van der Waals surface area contributed by atoms with Gasteiger partial charge in [0.15, 0.2) is 0 Å². The molecule has 1 amide bonds. The highest BCUT2D eigenvalue weighted by Gasteiger charge is 2.36. The van der Waals surface area contributed by atoms with Gasteiger partial charge < -0.3 is 4.90 Å². The SMILES string of the molecule is Cc1csc(C(=O)N2CC(N3CCc4sccc4C3)C2)c1. The highest BCUT2D eigenvalue weighted by atomic mass is 32.1.